The number of rotatable bonds is 5. The Kier molecular flexibility index (Phi) is 5.52. The third kappa shape index (κ3) is 4.42. The fourth-order valence-corrected chi connectivity index (χ4v) is 2.19. The van der Waals surface area contributed by atoms with Crippen LogP contribution in [-0.2, 0) is 11.3 Å². The van der Waals surface area contributed by atoms with Gasteiger partial charge in [-0.3, -0.25) is 4.79 Å². The maximum absolute atomic E-state index is 12.5. The number of Topliss-reactive ketones (excluding diaryl/α,β-unsaturated/α-hetero) is 1. The van der Waals surface area contributed by atoms with Gasteiger partial charge in [-0.1, -0.05) is 54.1 Å². The van der Waals surface area contributed by atoms with Crippen LogP contribution in [0.1, 0.15) is 28.4 Å². The van der Waals surface area contributed by atoms with Gasteiger partial charge in [-0.2, -0.15) is 0 Å². The van der Waals surface area contributed by atoms with Crippen LogP contribution in [0.15, 0.2) is 54.6 Å². The first-order valence-electron chi connectivity index (χ1n) is 7.53. The van der Waals surface area contributed by atoms with Crippen molar-refractivity contribution in [2.45, 2.75) is 26.5 Å². The minimum Gasteiger partial charge on any atom is -0.445 e. The number of benzene rings is 2. The zero-order chi connectivity index (χ0) is 16.8. The van der Waals surface area contributed by atoms with Gasteiger partial charge in [-0.05, 0) is 25.5 Å². The van der Waals surface area contributed by atoms with Crippen molar-refractivity contribution in [3.05, 3.63) is 71.3 Å². The zero-order valence-electron chi connectivity index (χ0n) is 13.7. The molecular formula is C19H21NO3. The maximum Gasteiger partial charge on any atom is 0.410 e. The molecule has 1 atom stereocenters. The van der Waals surface area contributed by atoms with Crippen molar-refractivity contribution in [1.82, 2.24) is 4.90 Å². The Morgan fingerprint density at radius 1 is 1.09 bits per heavy atom. The highest BCUT2D eigenvalue weighted by Gasteiger charge is 2.24. The van der Waals surface area contributed by atoms with Gasteiger partial charge >= 0.3 is 6.09 Å². The fourth-order valence-electron chi connectivity index (χ4n) is 2.19. The second-order valence-electron chi connectivity index (χ2n) is 5.56. The molecule has 0 aliphatic carbocycles. The molecule has 23 heavy (non-hydrogen) atoms. The number of likely N-dealkylation sites (N-methyl/N-ethyl adjacent to an activating group) is 1. The number of ether oxygens (including phenoxy) is 1. The Morgan fingerprint density at radius 2 is 1.78 bits per heavy atom. The van der Waals surface area contributed by atoms with E-state index in [4.69, 9.17) is 4.74 Å². The molecule has 2 rings (SSSR count). The molecule has 0 heterocycles. The van der Waals surface area contributed by atoms with E-state index in [9.17, 15) is 9.59 Å². The van der Waals surface area contributed by atoms with Crippen molar-refractivity contribution < 1.29 is 14.3 Å². The highest BCUT2D eigenvalue weighted by molar-refractivity contribution is 6.01. The molecule has 1 unspecified atom stereocenters. The summed E-state index contributed by atoms with van der Waals surface area (Å²) in [5.41, 5.74) is 2.52. The number of carbonyl (C=O) groups is 2. The summed E-state index contributed by atoms with van der Waals surface area (Å²) in [7, 11) is 1.58. The molecule has 0 fully saturated rings. The highest BCUT2D eigenvalue weighted by atomic mass is 16.6. The summed E-state index contributed by atoms with van der Waals surface area (Å²) in [6.45, 7) is 3.82. The molecule has 0 saturated heterocycles. The molecule has 4 nitrogen and oxygen atoms in total. The minimum atomic E-state index is -0.583. The maximum atomic E-state index is 12.5. The number of ketones is 1. The van der Waals surface area contributed by atoms with Crippen molar-refractivity contribution in [2.75, 3.05) is 7.05 Å². The van der Waals surface area contributed by atoms with Gasteiger partial charge in [0.1, 0.15) is 6.61 Å². The van der Waals surface area contributed by atoms with Gasteiger partial charge in [0.25, 0.3) is 0 Å². The molecule has 4 heteroatoms. The first-order valence-corrected chi connectivity index (χ1v) is 7.53. The quantitative estimate of drug-likeness (QED) is 0.788. The Bertz CT molecular complexity index is 682. The lowest BCUT2D eigenvalue weighted by molar-refractivity contribution is 0.0741. The molecule has 0 aliphatic rings. The number of hydrogen-bond donors (Lipinski definition) is 0. The normalized spacial score (nSPS) is 11.6. The van der Waals surface area contributed by atoms with Gasteiger partial charge in [-0.15, -0.1) is 0 Å². The molecule has 2 aromatic carbocycles. The van der Waals surface area contributed by atoms with Crippen LogP contribution in [0.5, 0.6) is 0 Å². The molecule has 1 amide bonds. The lowest BCUT2D eigenvalue weighted by Crippen LogP contribution is -2.40. The molecule has 0 spiro atoms. The third-order valence-electron chi connectivity index (χ3n) is 3.76. The summed E-state index contributed by atoms with van der Waals surface area (Å²) in [5.74, 6) is -0.104. The van der Waals surface area contributed by atoms with Crippen molar-refractivity contribution >= 4 is 11.9 Å². The predicted octanol–water partition coefficient (Wildman–Crippen LogP) is 3.83. The number of amides is 1. The Morgan fingerprint density at radius 3 is 2.43 bits per heavy atom. The van der Waals surface area contributed by atoms with E-state index >= 15 is 0 Å². The number of nitrogens with zero attached hydrogens (tertiary/aromatic N) is 1. The van der Waals surface area contributed by atoms with Crippen LogP contribution >= 0.6 is 0 Å². The average Bonchev–Trinajstić information content (AvgIpc) is 2.58. The molecule has 0 radical (unpaired) electrons. The van der Waals surface area contributed by atoms with Gasteiger partial charge in [0.05, 0.1) is 6.04 Å². The van der Waals surface area contributed by atoms with Gasteiger partial charge in [0.2, 0.25) is 0 Å². The average molecular weight is 311 g/mol. The van der Waals surface area contributed by atoms with E-state index in [1.807, 2.05) is 55.5 Å². The fraction of sp³-hybridized carbons (Fsp3) is 0.263. The summed E-state index contributed by atoms with van der Waals surface area (Å²) in [4.78, 5) is 25.9. The second-order valence-corrected chi connectivity index (χ2v) is 5.56. The van der Waals surface area contributed by atoms with Crippen LogP contribution in [0, 0.1) is 6.92 Å². The van der Waals surface area contributed by atoms with Crippen LogP contribution in [0.4, 0.5) is 4.79 Å². The Hall–Kier alpha value is -2.62. The van der Waals surface area contributed by atoms with E-state index in [0.29, 0.717) is 5.56 Å². The number of hydrogen-bond acceptors (Lipinski definition) is 3. The van der Waals surface area contributed by atoms with Gasteiger partial charge in [-0.25, -0.2) is 4.79 Å². The largest absolute Gasteiger partial charge is 0.445 e. The zero-order valence-corrected chi connectivity index (χ0v) is 13.7. The lowest BCUT2D eigenvalue weighted by atomic mass is 10.0. The SMILES string of the molecule is Cc1cccc(C(=O)C(C)N(C)C(=O)OCc2ccccc2)c1. The molecule has 120 valence electrons. The minimum absolute atomic E-state index is 0.104. The van der Waals surface area contributed by atoms with E-state index in [-0.39, 0.29) is 12.4 Å². The second kappa shape index (κ2) is 7.58. The van der Waals surface area contributed by atoms with Gasteiger partial charge in [0, 0.05) is 12.6 Å². The Labute approximate surface area is 136 Å². The first kappa shape index (κ1) is 16.7. The number of aryl methyl sites for hydroxylation is 1. The first-order chi connectivity index (χ1) is 11.0. The lowest BCUT2D eigenvalue weighted by Gasteiger charge is -2.23. The third-order valence-corrected chi connectivity index (χ3v) is 3.76. The van der Waals surface area contributed by atoms with E-state index in [0.717, 1.165) is 11.1 Å². The molecule has 0 aliphatic heterocycles. The van der Waals surface area contributed by atoms with Crippen molar-refractivity contribution in [3.63, 3.8) is 0 Å². The van der Waals surface area contributed by atoms with E-state index in [1.165, 1.54) is 4.90 Å². The van der Waals surface area contributed by atoms with Crippen LogP contribution in [0.2, 0.25) is 0 Å². The van der Waals surface area contributed by atoms with Crippen molar-refractivity contribution in [1.29, 1.82) is 0 Å². The summed E-state index contributed by atoms with van der Waals surface area (Å²) in [6, 6.07) is 16.2. The molecule has 2 aromatic rings. The van der Waals surface area contributed by atoms with Crippen LogP contribution < -0.4 is 0 Å². The van der Waals surface area contributed by atoms with Crippen LogP contribution in [-0.4, -0.2) is 29.9 Å². The standard InChI is InChI=1S/C19H21NO3/c1-14-8-7-11-17(12-14)18(21)15(2)20(3)19(22)23-13-16-9-5-4-6-10-16/h4-12,15H,13H2,1-3H3. The highest BCUT2D eigenvalue weighted by Crippen LogP contribution is 2.12. The summed E-state index contributed by atoms with van der Waals surface area (Å²) >= 11 is 0. The van der Waals surface area contributed by atoms with Gasteiger partial charge in [0.15, 0.2) is 5.78 Å². The smallest absolute Gasteiger partial charge is 0.410 e. The van der Waals surface area contributed by atoms with E-state index < -0.39 is 12.1 Å². The topological polar surface area (TPSA) is 46.6 Å². The van der Waals surface area contributed by atoms with Crippen LogP contribution in [0.3, 0.4) is 0 Å². The van der Waals surface area contributed by atoms with Gasteiger partial charge < -0.3 is 9.64 Å². The van der Waals surface area contributed by atoms with Crippen molar-refractivity contribution in [3.8, 4) is 0 Å². The molecule has 0 saturated carbocycles. The van der Waals surface area contributed by atoms with E-state index in [2.05, 4.69) is 0 Å². The molecular weight excluding hydrogens is 290 g/mol. The summed E-state index contributed by atoms with van der Waals surface area (Å²) in [6.07, 6.45) is -0.512. The molecule has 0 bridgehead atoms. The van der Waals surface area contributed by atoms with Crippen LogP contribution in [0.25, 0.3) is 0 Å². The van der Waals surface area contributed by atoms with E-state index in [1.54, 1.807) is 20.0 Å². The molecule has 0 N–H and O–H groups in total. The summed E-state index contributed by atoms with van der Waals surface area (Å²) < 4.78 is 5.26. The Balaban J connectivity index is 1.96. The monoisotopic (exact) mass is 311 g/mol. The molecule has 0 aromatic heterocycles. The van der Waals surface area contributed by atoms with Crippen molar-refractivity contribution in [2.24, 2.45) is 0 Å². The number of carbonyl (C=O) groups excluding carboxylic acids is 2. The predicted molar refractivity (Wildman–Crippen MR) is 89.4 cm³/mol. The summed E-state index contributed by atoms with van der Waals surface area (Å²) in [5, 5.41) is 0.